The van der Waals surface area contributed by atoms with Crippen molar-refractivity contribution in [3.8, 4) is 0 Å². The van der Waals surface area contributed by atoms with Gasteiger partial charge in [-0.15, -0.1) is 0 Å². The lowest BCUT2D eigenvalue weighted by atomic mass is 9.82. The van der Waals surface area contributed by atoms with Gasteiger partial charge in [0.1, 0.15) is 0 Å². The van der Waals surface area contributed by atoms with Crippen LogP contribution in [-0.4, -0.2) is 23.9 Å². The molecule has 0 aromatic rings. The van der Waals surface area contributed by atoms with Crippen molar-refractivity contribution in [1.29, 1.82) is 0 Å². The molecular weight excluding hydrogens is 242 g/mol. The van der Waals surface area contributed by atoms with E-state index in [2.05, 4.69) is 5.32 Å². The van der Waals surface area contributed by atoms with Crippen LogP contribution in [0.2, 0.25) is 0 Å². The van der Waals surface area contributed by atoms with Crippen molar-refractivity contribution >= 4 is 11.8 Å². The second-order valence-electron chi connectivity index (χ2n) is 5.83. The van der Waals surface area contributed by atoms with Gasteiger partial charge in [-0.05, 0) is 25.7 Å². The number of carbonyl (C=O) groups excluding carboxylic acids is 2. The first kappa shape index (κ1) is 16.0. The minimum Gasteiger partial charge on any atom is -0.370 e. The first-order chi connectivity index (χ1) is 8.91. The van der Waals surface area contributed by atoms with Crippen LogP contribution >= 0.6 is 0 Å². The lowest BCUT2D eigenvalue weighted by molar-refractivity contribution is -0.126. The summed E-state index contributed by atoms with van der Waals surface area (Å²) in [7, 11) is 0. The van der Waals surface area contributed by atoms with Gasteiger partial charge in [0.25, 0.3) is 0 Å². The fourth-order valence-electron chi connectivity index (χ4n) is 2.64. The van der Waals surface area contributed by atoms with Crippen molar-refractivity contribution in [1.82, 2.24) is 5.32 Å². The molecule has 0 aliphatic heterocycles. The van der Waals surface area contributed by atoms with Gasteiger partial charge in [0.2, 0.25) is 11.8 Å². The summed E-state index contributed by atoms with van der Waals surface area (Å²) < 4.78 is 0. The monoisotopic (exact) mass is 269 g/mol. The molecule has 1 aliphatic rings. The minimum atomic E-state index is -0.357. The van der Waals surface area contributed by atoms with E-state index in [1.54, 1.807) is 0 Å². The number of rotatable bonds is 6. The Bertz CT molecular complexity index is 312. The Balaban J connectivity index is 2.62. The van der Waals surface area contributed by atoms with Gasteiger partial charge in [-0.3, -0.25) is 9.59 Å². The Morgan fingerprint density at radius 1 is 1.21 bits per heavy atom. The summed E-state index contributed by atoms with van der Waals surface area (Å²) >= 11 is 0. The summed E-state index contributed by atoms with van der Waals surface area (Å²) in [5, 5.41) is 2.98. The zero-order valence-corrected chi connectivity index (χ0v) is 12.0. The average molecular weight is 269 g/mol. The molecule has 1 rings (SSSR count). The molecule has 0 saturated heterocycles. The highest BCUT2D eigenvalue weighted by Gasteiger charge is 2.28. The van der Waals surface area contributed by atoms with Crippen molar-refractivity contribution in [3.05, 3.63) is 0 Å². The van der Waals surface area contributed by atoms with Crippen LogP contribution in [0.15, 0.2) is 0 Å². The fourth-order valence-corrected chi connectivity index (χ4v) is 2.64. The Labute approximate surface area is 115 Å². The van der Waals surface area contributed by atoms with E-state index in [-0.39, 0.29) is 36.2 Å². The largest absolute Gasteiger partial charge is 0.370 e. The normalized spacial score (nSPS) is 21.4. The van der Waals surface area contributed by atoms with Gasteiger partial charge in [0.05, 0.1) is 0 Å². The molecule has 0 aromatic carbocycles. The fraction of sp³-hybridized carbons (Fsp3) is 0.857. The Morgan fingerprint density at radius 3 is 2.26 bits per heavy atom. The van der Waals surface area contributed by atoms with Crippen LogP contribution in [0, 0.1) is 11.8 Å². The molecule has 1 saturated carbocycles. The van der Waals surface area contributed by atoms with Crippen LogP contribution in [0.4, 0.5) is 0 Å². The maximum Gasteiger partial charge on any atom is 0.224 e. The Kier molecular flexibility index (Phi) is 6.28. The molecule has 0 heterocycles. The molecule has 5 nitrogen and oxygen atoms in total. The van der Waals surface area contributed by atoms with E-state index in [0.29, 0.717) is 5.92 Å². The van der Waals surface area contributed by atoms with E-state index >= 15 is 0 Å². The van der Waals surface area contributed by atoms with Crippen LogP contribution < -0.4 is 16.8 Å². The highest BCUT2D eigenvalue weighted by atomic mass is 16.2. The van der Waals surface area contributed by atoms with Crippen LogP contribution in [0.1, 0.15) is 52.4 Å². The quantitative estimate of drug-likeness (QED) is 0.668. The molecule has 3 atom stereocenters. The highest BCUT2D eigenvalue weighted by Crippen LogP contribution is 2.28. The lowest BCUT2D eigenvalue weighted by Crippen LogP contribution is -2.48. The van der Waals surface area contributed by atoms with E-state index < -0.39 is 0 Å². The number of hydrogen-bond acceptors (Lipinski definition) is 3. The van der Waals surface area contributed by atoms with Crippen molar-refractivity contribution < 1.29 is 9.59 Å². The number of carbonyl (C=O) groups is 2. The number of primary amides is 1. The third-order valence-corrected chi connectivity index (χ3v) is 4.17. The summed E-state index contributed by atoms with van der Waals surface area (Å²) in [5.41, 5.74) is 11.0. The molecule has 0 radical (unpaired) electrons. The Morgan fingerprint density at radius 2 is 1.79 bits per heavy atom. The van der Waals surface area contributed by atoms with Crippen LogP contribution in [0.5, 0.6) is 0 Å². The van der Waals surface area contributed by atoms with Crippen molar-refractivity contribution in [2.75, 3.05) is 0 Å². The van der Waals surface area contributed by atoms with Gasteiger partial charge in [0, 0.05) is 24.4 Å². The average Bonchev–Trinajstić information content (AvgIpc) is 2.37. The topological polar surface area (TPSA) is 98.2 Å². The predicted octanol–water partition coefficient (Wildman–Crippen LogP) is 0.910. The number of hydrogen-bond donors (Lipinski definition) is 3. The second kappa shape index (κ2) is 7.48. The summed E-state index contributed by atoms with van der Waals surface area (Å²) in [4.78, 5) is 23.3. The number of nitrogens with one attached hydrogen (secondary N) is 1. The summed E-state index contributed by atoms with van der Waals surface area (Å²) in [6.07, 6.45) is 5.92. The van der Waals surface area contributed by atoms with E-state index in [9.17, 15) is 9.59 Å². The van der Waals surface area contributed by atoms with Gasteiger partial charge in [-0.2, -0.15) is 0 Å². The van der Waals surface area contributed by atoms with E-state index in [0.717, 1.165) is 12.8 Å². The molecular formula is C14H27N3O2. The van der Waals surface area contributed by atoms with Gasteiger partial charge >= 0.3 is 0 Å². The zero-order chi connectivity index (χ0) is 14.4. The Hall–Kier alpha value is -1.10. The first-order valence-electron chi connectivity index (χ1n) is 7.26. The summed E-state index contributed by atoms with van der Waals surface area (Å²) in [5.74, 6) is -0.319. The molecule has 0 spiro atoms. The maximum atomic E-state index is 12.1. The molecule has 0 aromatic heterocycles. The summed E-state index contributed by atoms with van der Waals surface area (Å²) in [6.45, 7) is 3.62. The van der Waals surface area contributed by atoms with E-state index in [1.165, 1.54) is 19.3 Å². The number of amides is 2. The SMILES string of the molecule is CC(N)C(C)C(=O)NC(CC(N)=O)C1CCCCC1. The molecule has 110 valence electrons. The molecule has 1 fully saturated rings. The van der Waals surface area contributed by atoms with Crippen LogP contribution in [0.3, 0.4) is 0 Å². The van der Waals surface area contributed by atoms with Crippen LogP contribution in [0.25, 0.3) is 0 Å². The van der Waals surface area contributed by atoms with Gasteiger partial charge in [-0.25, -0.2) is 0 Å². The minimum absolute atomic E-state index is 0.0770. The smallest absolute Gasteiger partial charge is 0.224 e. The van der Waals surface area contributed by atoms with Crippen molar-refractivity contribution in [2.45, 2.75) is 64.5 Å². The first-order valence-corrected chi connectivity index (χ1v) is 7.26. The molecule has 0 bridgehead atoms. The molecule has 5 N–H and O–H groups in total. The standard InChI is InChI=1S/C14H27N3O2/c1-9(10(2)15)14(19)17-12(8-13(16)18)11-6-4-3-5-7-11/h9-12H,3-8,15H2,1-2H3,(H2,16,18)(H,17,19). The van der Waals surface area contributed by atoms with Crippen LogP contribution in [-0.2, 0) is 9.59 Å². The maximum absolute atomic E-state index is 12.1. The van der Waals surface area contributed by atoms with Gasteiger partial charge < -0.3 is 16.8 Å². The third-order valence-electron chi connectivity index (χ3n) is 4.17. The lowest BCUT2D eigenvalue weighted by Gasteiger charge is -2.31. The molecule has 5 heteroatoms. The van der Waals surface area contributed by atoms with Gasteiger partial charge in [-0.1, -0.05) is 26.2 Å². The molecule has 19 heavy (non-hydrogen) atoms. The van der Waals surface area contributed by atoms with Crippen molar-refractivity contribution in [3.63, 3.8) is 0 Å². The molecule has 2 amide bonds. The third kappa shape index (κ3) is 5.19. The second-order valence-corrected chi connectivity index (χ2v) is 5.83. The number of nitrogens with two attached hydrogens (primary N) is 2. The highest BCUT2D eigenvalue weighted by molar-refractivity contribution is 5.81. The summed E-state index contributed by atoms with van der Waals surface area (Å²) in [6, 6.07) is -0.327. The zero-order valence-electron chi connectivity index (χ0n) is 12.0. The van der Waals surface area contributed by atoms with E-state index in [1.807, 2.05) is 13.8 Å². The molecule has 3 unspecified atom stereocenters. The van der Waals surface area contributed by atoms with Crippen molar-refractivity contribution in [2.24, 2.45) is 23.3 Å². The predicted molar refractivity (Wildman–Crippen MR) is 75.1 cm³/mol. The van der Waals surface area contributed by atoms with E-state index in [4.69, 9.17) is 11.5 Å². The molecule has 1 aliphatic carbocycles. The van der Waals surface area contributed by atoms with Gasteiger partial charge in [0.15, 0.2) is 0 Å².